The topological polar surface area (TPSA) is 146 Å². The van der Waals surface area contributed by atoms with Gasteiger partial charge in [0.25, 0.3) is 0 Å². The van der Waals surface area contributed by atoms with E-state index in [0.717, 1.165) is 45.3 Å². The van der Waals surface area contributed by atoms with Crippen molar-refractivity contribution in [1.29, 1.82) is 0 Å². The molecular weight excluding hydrogens is 348 g/mol. The minimum absolute atomic E-state index is 0.00307. The van der Waals surface area contributed by atoms with Crippen LogP contribution in [0, 0.1) is 0 Å². The Balaban J connectivity index is 4.27. The van der Waals surface area contributed by atoms with Gasteiger partial charge in [0.05, 0.1) is 39.8 Å². The van der Waals surface area contributed by atoms with E-state index in [4.69, 9.17) is 16.6 Å². The third-order valence-corrected chi connectivity index (χ3v) is 4.42. The van der Waals surface area contributed by atoms with Gasteiger partial charge in [0.2, 0.25) is 5.91 Å². The zero-order valence-corrected chi connectivity index (χ0v) is 17.3. The minimum atomic E-state index is -0.742. The molecule has 9 nitrogen and oxygen atoms in total. The van der Waals surface area contributed by atoms with Gasteiger partial charge in [-0.05, 0) is 58.4 Å². The molecule has 9 heteroatoms. The molecular formula is C18H43N6O3+. The highest BCUT2D eigenvalue weighted by Gasteiger charge is 2.22. The van der Waals surface area contributed by atoms with Crippen molar-refractivity contribution in [3.63, 3.8) is 0 Å². The lowest BCUT2D eigenvalue weighted by atomic mass is 10.1. The first-order valence-corrected chi connectivity index (χ1v) is 10.1. The summed E-state index contributed by atoms with van der Waals surface area (Å²) in [6.07, 6.45) is 2.71. The van der Waals surface area contributed by atoms with Crippen LogP contribution in [0.5, 0.6) is 0 Å². The first-order valence-electron chi connectivity index (χ1n) is 10.1. The Morgan fingerprint density at radius 2 is 1.67 bits per heavy atom. The van der Waals surface area contributed by atoms with E-state index in [-0.39, 0.29) is 18.6 Å². The smallest absolute Gasteiger partial charge is 0.237 e. The van der Waals surface area contributed by atoms with E-state index in [2.05, 4.69) is 16.0 Å². The van der Waals surface area contributed by atoms with Crippen LogP contribution in [0.25, 0.3) is 0 Å². The summed E-state index contributed by atoms with van der Waals surface area (Å²) in [4.78, 5) is 12.5. The highest BCUT2D eigenvalue weighted by atomic mass is 16.3. The lowest BCUT2D eigenvalue weighted by Gasteiger charge is -2.31. The summed E-state index contributed by atoms with van der Waals surface area (Å²) in [5.74, 6) is -0.00307. The molecule has 2 unspecified atom stereocenters. The van der Waals surface area contributed by atoms with Gasteiger partial charge in [-0.2, -0.15) is 0 Å². The summed E-state index contributed by atoms with van der Waals surface area (Å²) in [5, 5.41) is 28.2. The molecule has 2 atom stereocenters. The summed E-state index contributed by atoms with van der Waals surface area (Å²) < 4.78 is 0.526. The molecule has 0 aromatic carbocycles. The lowest BCUT2D eigenvalue weighted by molar-refractivity contribution is -0.892. The Morgan fingerprint density at radius 3 is 2.30 bits per heavy atom. The predicted molar refractivity (Wildman–Crippen MR) is 109 cm³/mol. The Hall–Kier alpha value is -0.810. The molecule has 0 saturated heterocycles. The van der Waals surface area contributed by atoms with E-state index < -0.39 is 6.10 Å². The Bertz CT molecular complexity index is 371. The van der Waals surface area contributed by atoms with Crippen molar-refractivity contribution < 1.29 is 19.5 Å². The molecule has 0 aliphatic rings. The van der Waals surface area contributed by atoms with Gasteiger partial charge < -0.3 is 42.1 Å². The van der Waals surface area contributed by atoms with Crippen LogP contribution >= 0.6 is 0 Å². The molecule has 9 N–H and O–H groups in total. The van der Waals surface area contributed by atoms with Crippen LogP contribution in [0.2, 0.25) is 0 Å². The third-order valence-electron chi connectivity index (χ3n) is 4.42. The quantitative estimate of drug-likeness (QED) is 0.101. The van der Waals surface area contributed by atoms with Crippen LogP contribution in [0.3, 0.4) is 0 Å². The molecule has 0 fully saturated rings. The molecule has 0 aliphatic carbocycles. The number of quaternary nitrogens is 1. The number of amides is 1. The third kappa shape index (κ3) is 14.9. The molecule has 0 spiro atoms. The van der Waals surface area contributed by atoms with Crippen LogP contribution in [-0.2, 0) is 4.79 Å². The number of carbonyl (C=O) groups is 1. The van der Waals surface area contributed by atoms with Crippen LogP contribution < -0.4 is 27.4 Å². The zero-order valence-electron chi connectivity index (χ0n) is 17.3. The lowest BCUT2D eigenvalue weighted by Crippen LogP contribution is -2.52. The average Bonchev–Trinajstić information content (AvgIpc) is 2.62. The number of nitrogens with zero attached hydrogens (tertiary/aromatic N) is 1. The van der Waals surface area contributed by atoms with Crippen LogP contribution in [0.15, 0.2) is 0 Å². The molecule has 0 aliphatic heterocycles. The number of rotatable bonds is 18. The summed E-state index contributed by atoms with van der Waals surface area (Å²) >= 11 is 0. The average molecular weight is 392 g/mol. The molecule has 0 rings (SSSR count). The molecule has 0 aromatic rings. The Labute approximate surface area is 164 Å². The molecule has 27 heavy (non-hydrogen) atoms. The standard InChI is InChI=1S/C18H42N6O3/c1-24(2,14-16(26)15-25)13-12-23-18(27)17(22-11-5-8-20)6-3-9-21-10-4-7-19/h16-17,21-22,25-26H,3-15,19-20H2,1-2H3/p+1. The summed E-state index contributed by atoms with van der Waals surface area (Å²) in [6, 6.07) is -0.230. The number of aliphatic hydroxyl groups excluding tert-OH is 2. The fraction of sp³-hybridized carbons (Fsp3) is 0.944. The minimum Gasteiger partial charge on any atom is -0.393 e. The van der Waals surface area contributed by atoms with Gasteiger partial charge >= 0.3 is 0 Å². The highest BCUT2D eigenvalue weighted by Crippen LogP contribution is 2.01. The van der Waals surface area contributed by atoms with E-state index in [9.17, 15) is 9.90 Å². The van der Waals surface area contributed by atoms with Crippen molar-refractivity contribution in [3.05, 3.63) is 0 Å². The molecule has 1 amide bonds. The van der Waals surface area contributed by atoms with Crippen LogP contribution in [0.4, 0.5) is 0 Å². The number of aliphatic hydroxyl groups is 2. The molecule has 0 bridgehead atoms. The van der Waals surface area contributed by atoms with Gasteiger partial charge in [-0.3, -0.25) is 4.79 Å². The number of likely N-dealkylation sites (N-methyl/N-ethyl adjacent to an activating group) is 1. The van der Waals surface area contributed by atoms with Crippen molar-refractivity contribution in [3.8, 4) is 0 Å². The van der Waals surface area contributed by atoms with Crippen molar-refractivity contribution in [2.24, 2.45) is 11.5 Å². The van der Waals surface area contributed by atoms with Gasteiger partial charge in [-0.25, -0.2) is 0 Å². The predicted octanol–water partition coefficient (Wildman–Crippen LogP) is -2.44. The van der Waals surface area contributed by atoms with E-state index in [1.165, 1.54) is 0 Å². The van der Waals surface area contributed by atoms with Crippen molar-refractivity contribution in [2.45, 2.75) is 37.8 Å². The first kappa shape index (κ1) is 26.2. The second-order valence-corrected chi connectivity index (χ2v) is 7.65. The van der Waals surface area contributed by atoms with Crippen molar-refractivity contribution in [2.75, 3.05) is 73.1 Å². The fourth-order valence-electron chi connectivity index (χ4n) is 2.81. The second-order valence-electron chi connectivity index (χ2n) is 7.65. The largest absolute Gasteiger partial charge is 0.393 e. The van der Waals surface area contributed by atoms with E-state index in [0.29, 0.717) is 37.2 Å². The molecule has 0 radical (unpaired) electrons. The zero-order chi connectivity index (χ0) is 20.5. The molecule has 162 valence electrons. The van der Waals surface area contributed by atoms with E-state index >= 15 is 0 Å². The van der Waals surface area contributed by atoms with Crippen molar-refractivity contribution in [1.82, 2.24) is 16.0 Å². The maximum Gasteiger partial charge on any atom is 0.237 e. The maximum atomic E-state index is 12.5. The van der Waals surface area contributed by atoms with Gasteiger partial charge in [-0.15, -0.1) is 0 Å². The monoisotopic (exact) mass is 391 g/mol. The number of hydrogen-bond donors (Lipinski definition) is 7. The van der Waals surface area contributed by atoms with Gasteiger partial charge in [-0.1, -0.05) is 0 Å². The van der Waals surface area contributed by atoms with Crippen LogP contribution in [0.1, 0.15) is 25.7 Å². The Kier molecular flexibility index (Phi) is 15.7. The van der Waals surface area contributed by atoms with E-state index in [1.54, 1.807) is 0 Å². The highest BCUT2D eigenvalue weighted by molar-refractivity contribution is 5.81. The van der Waals surface area contributed by atoms with Gasteiger partial charge in [0.1, 0.15) is 12.6 Å². The number of nitrogens with two attached hydrogens (primary N) is 2. The second kappa shape index (κ2) is 16.2. The summed E-state index contributed by atoms with van der Waals surface area (Å²) in [6.45, 7) is 5.17. The molecule has 0 saturated carbocycles. The summed E-state index contributed by atoms with van der Waals surface area (Å²) in [5.41, 5.74) is 11.0. The number of hydrogen-bond acceptors (Lipinski definition) is 7. The normalized spacial score (nSPS) is 14.1. The fourth-order valence-corrected chi connectivity index (χ4v) is 2.81. The number of nitrogens with one attached hydrogen (secondary N) is 3. The van der Waals surface area contributed by atoms with Crippen molar-refractivity contribution >= 4 is 5.91 Å². The maximum absolute atomic E-state index is 12.5. The number of carbonyl (C=O) groups excluding carboxylic acids is 1. The Morgan fingerprint density at radius 1 is 1.04 bits per heavy atom. The SMILES string of the molecule is C[N+](C)(CCNC(=O)C(CCCNCCCN)NCCCN)CC(O)CO. The first-order chi connectivity index (χ1) is 12.9. The van der Waals surface area contributed by atoms with Crippen LogP contribution in [-0.4, -0.2) is 106 Å². The summed E-state index contributed by atoms with van der Waals surface area (Å²) in [7, 11) is 3.93. The van der Waals surface area contributed by atoms with E-state index in [1.807, 2.05) is 14.1 Å². The molecule has 0 aromatic heterocycles. The van der Waals surface area contributed by atoms with Gasteiger partial charge in [0, 0.05) is 0 Å². The van der Waals surface area contributed by atoms with Gasteiger partial charge in [0.15, 0.2) is 0 Å². The molecule has 0 heterocycles.